The fourth-order valence-corrected chi connectivity index (χ4v) is 7.82. The molecule has 4 aliphatic carbocycles. The molecule has 0 saturated heterocycles. The van der Waals surface area contributed by atoms with Gasteiger partial charge in [0, 0.05) is 6.61 Å². The molecule has 0 amide bonds. The summed E-state index contributed by atoms with van der Waals surface area (Å²) in [5, 5.41) is 11.2. The molecule has 27 heavy (non-hydrogen) atoms. The van der Waals surface area contributed by atoms with Gasteiger partial charge in [-0.15, -0.1) is 0 Å². The predicted molar refractivity (Wildman–Crippen MR) is 116 cm³/mol. The van der Waals surface area contributed by atoms with Crippen LogP contribution in [0.5, 0.6) is 0 Å². The lowest BCUT2D eigenvalue weighted by molar-refractivity contribution is -0.179. The van der Waals surface area contributed by atoms with Crippen LogP contribution in [0, 0.1) is 34.5 Å². The Morgan fingerprint density at radius 1 is 0.926 bits per heavy atom. The number of hydrogen-bond acceptors (Lipinski definition) is 2. The second-order valence-electron chi connectivity index (χ2n) is 9.75. The van der Waals surface area contributed by atoms with Crippen LogP contribution in [0.1, 0.15) is 106 Å². The molecule has 0 radical (unpaired) electrons. The average Bonchev–Trinajstić information content (AvgIpc) is 3.05. The number of aliphatic hydroxyl groups excluding tert-OH is 1. The van der Waals surface area contributed by atoms with Gasteiger partial charge in [-0.25, -0.2) is 0 Å². The summed E-state index contributed by atoms with van der Waals surface area (Å²) in [6.45, 7) is 15.9. The number of aliphatic hydroxyl groups is 1. The maximum Gasteiger partial charge on any atom is 0.0581 e. The number of ether oxygens (including phenoxy) is 1. The highest BCUT2D eigenvalue weighted by Gasteiger charge is 2.61. The van der Waals surface area contributed by atoms with E-state index in [2.05, 4.69) is 20.8 Å². The van der Waals surface area contributed by atoms with Crippen LogP contribution in [0.15, 0.2) is 0 Å². The fourth-order valence-electron chi connectivity index (χ4n) is 7.82. The first-order valence-corrected chi connectivity index (χ1v) is 12.3. The summed E-state index contributed by atoms with van der Waals surface area (Å²) >= 11 is 0. The molecule has 2 nitrogen and oxygen atoms in total. The lowest BCUT2D eigenvalue weighted by atomic mass is 9.44. The largest absolute Gasteiger partial charge is 0.393 e. The minimum atomic E-state index is -0.0764. The van der Waals surface area contributed by atoms with Crippen LogP contribution in [0.3, 0.4) is 0 Å². The van der Waals surface area contributed by atoms with Crippen LogP contribution < -0.4 is 0 Å². The van der Waals surface area contributed by atoms with Crippen molar-refractivity contribution in [3.05, 3.63) is 0 Å². The third kappa shape index (κ3) is 4.13. The van der Waals surface area contributed by atoms with Crippen LogP contribution in [0.25, 0.3) is 0 Å². The summed E-state index contributed by atoms with van der Waals surface area (Å²) in [5.74, 6) is 3.00. The van der Waals surface area contributed by atoms with Crippen molar-refractivity contribution in [2.75, 3.05) is 6.61 Å². The molecule has 8 unspecified atom stereocenters. The average molecular weight is 381 g/mol. The van der Waals surface area contributed by atoms with E-state index in [1.807, 2.05) is 27.7 Å². The second-order valence-corrected chi connectivity index (χ2v) is 9.75. The van der Waals surface area contributed by atoms with Crippen LogP contribution in [0.2, 0.25) is 0 Å². The lowest BCUT2D eigenvalue weighted by Crippen LogP contribution is -2.58. The molecule has 0 aliphatic heterocycles. The lowest BCUT2D eigenvalue weighted by Gasteiger charge is -2.62. The van der Waals surface area contributed by atoms with Gasteiger partial charge in [-0.2, -0.15) is 0 Å². The van der Waals surface area contributed by atoms with E-state index in [9.17, 15) is 5.11 Å². The van der Waals surface area contributed by atoms with Crippen molar-refractivity contribution in [2.45, 2.75) is 118 Å². The summed E-state index contributed by atoms with van der Waals surface area (Å²) in [5.41, 5.74) is 0.738. The van der Waals surface area contributed by atoms with Crippen LogP contribution in [-0.2, 0) is 4.74 Å². The normalized spacial score (nSPS) is 48.0. The fraction of sp³-hybridized carbons (Fsp3) is 1.00. The van der Waals surface area contributed by atoms with E-state index in [-0.39, 0.29) is 6.10 Å². The molecule has 0 spiro atoms. The van der Waals surface area contributed by atoms with Crippen molar-refractivity contribution in [1.29, 1.82) is 0 Å². The summed E-state index contributed by atoms with van der Waals surface area (Å²) in [6, 6.07) is 0. The zero-order valence-electron chi connectivity index (χ0n) is 19.4. The maximum absolute atomic E-state index is 11.2. The van der Waals surface area contributed by atoms with Gasteiger partial charge in [-0.3, -0.25) is 0 Å². The zero-order valence-corrected chi connectivity index (χ0v) is 19.4. The predicted octanol–water partition coefficient (Wildman–Crippen LogP) is 6.85. The Morgan fingerprint density at radius 2 is 1.59 bits per heavy atom. The molecule has 4 saturated carbocycles. The van der Waals surface area contributed by atoms with Gasteiger partial charge in [0.1, 0.15) is 0 Å². The van der Waals surface area contributed by atoms with E-state index in [0.29, 0.717) is 22.9 Å². The van der Waals surface area contributed by atoms with E-state index in [1.165, 1.54) is 51.4 Å². The van der Waals surface area contributed by atoms with Gasteiger partial charge in [-0.05, 0) is 92.8 Å². The van der Waals surface area contributed by atoms with Gasteiger partial charge in [0.2, 0.25) is 0 Å². The minimum Gasteiger partial charge on any atom is -0.393 e. The number of hydrogen-bond donors (Lipinski definition) is 1. The van der Waals surface area contributed by atoms with Gasteiger partial charge in [0.15, 0.2) is 0 Å². The van der Waals surface area contributed by atoms with E-state index >= 15 is 0 Å². The molecule has 0 bridgehead atoms. The van der Waals surface area contributed by atoms with Crippen molar-refractivity contribution in [3.8, 4) is 0 Å². The summed E-state index contributed by atoms with van der Waals surface area (Å²) in [4.78, 5) is 0. The molecule has 160 valence electrons. The third-order valence-electron chi connectivity index (χ3n) is 8.68. The van der Waals surface area contributed by atoms with Crippen LogP contribution in [-0.4, -0.2) is 23.9 Å². The summed E-state index contributed by atoms with van der Waals surface area (Å²) in [6.07, 6.45) is 12.1. The summed E-state index contributed by atoms with van der Waals surface area (Å²) in [7, 11) is 0. The zero-order chi connectivity index (χ0) is 20.2. The molecule has 1 N–H and O–H groups in total. The number of rotatable bonds is 2. The molecular formula is C25H48O2. The Kier molecular flexibility index (Phi) is 8.26. The van der Waals surface area contributed by atoms with Crippen molar-refractivity contribution in [2.24, 2.45) is 34.5 Å². The molecule has 4 rings (SSSR count). The Bertz CT molecular complexity index is 450. The molecule has 0 aromatic heterocycles. The minimum absolute atomic E-state index is 0.0764. The number of fused-ring (bicyclic) bond motifs is 5. The van der Waals surface area contributed by atoms with Gasteiger partial charge in [0.25, 0.3) is 0 Å². The molecule has 4 fully saturated rings. The first-order chi connectivity index (χ1) is 13.0. The highest BCUT2D eigenvalue weighted by molar-refractivity contribution is 5.10. The maximum atomic E-state index is 11.2. The molecular weight excluding hydrogens is 332 g/mol. The molecule has 0 heterocycles. The van der Waals surface area contributed by atoms with Crippen molar-refractivity contribution < 1.29 is 9.84 Å². The Hall–Kier alpha value is -0.0800. The standard InChI is InChI=1S/C21H36O2.2C2H6/c1-4-23-15-9-7-14-8-10-16-17-6-5-11-20(17,2)13-18(22)19(16)21(14,3)12-15;2*1-2/h14-19,22H,4-13H2,1-3H3;2*1-2H3. The second kappa shape index (κ2) is 9.61. The quantitative estimate of drug-likeness (QED) is 0.568. The van der Waals surface area contributed by atoms with E-state index in [4.69, 9.17) is 4.74 Å². The molecule has 4 aliphatic rings. The monoisotopic (exact) mass is 380 g/mol. The van der Waals surface area contributed by atoms with Gasteiger partial charge in [0.05, 0.1) is 12.2 Å². The topological polar surface area (TPSA) is 29.5 Å². The van der Waals surface area contributed by atoms with Crippen molar-refractivity contribution in [3.63, 3.8) is 0 Å². The SMILES string of the molecule is CC.CC.CCOC1CCC2CCC3C4CCCC4(C)CC(O)C3C2(C)C1. The summed E-state index contributed by atoms with van der Waals surface area (Å²) < 4.78 is 6.04. The molecule has 8 atom stereocenters. The van der Waals surface area contributed by atoms with Gasteiger partial charge in [-0.1, -0.05) is 48.0 Å². The van der Waals surface area contributed by atoms with Crippen molar-refractivity contribution >= 4 is 0 Å². The first-order valence-electron chi connectivity index (χ1n) is 12.3. The highest BCUT2D eigenvalue weighted by Crippen LogP contribution is 2.66. The van der Waals surface area contributed by atoms with Crippen LogP contribution in [0.4, 0.5) is 0 Å². The van der Waals surface area contributed by atoms with Gasteiger partial charge < -0.3 is 9.84 Å². The van der Waals surface area contributed by atoms with Crippen LogP contribution >= 0.6 is 0 Å². The smallest absolute Gasteiger partial charge is 0.0581 e. The Labute approximate surface area is 169 Å². The van der Waals surface area contributed by atoms with E-state index < -0.39 is 0 Å². The Morgan fingerprint density at radius 3 is 2.26 bits per heavy atom. The molecule has 0 aromatic rings. The first kappa shape index (κ1) is 23.2. The Balaban J connectivity index is 0.000000614. The molecule has 0 aromatic carbocycles. The highest BCUT2D eigenvalue weighted by atomic mass is 16.5. The van der Waals surface area contributed by atoms with Crippen molar-refractivity contribution in [1.82, 2.24) is 0 Å². The van der Waals surface area contributed by atoms with E-state index in [1.54, 1.807) is 0 Å². The third-order valence-corrected chi connectivity index (χ3v) is 8.68. The van der Waals surface area contributed by atoms with Gasteiger partial charge >= 0.3 is 0 Å². The molecule has 2 heteroatoms. The van der Waals surface area contributed by atoms with E-state index in [0.717, 1.165) is 30.8 Å².